The van der Waals surface area contributed by atoms with Crippen molar-refractivity contribution in [2.24, 2.45) is 0 Å². The molecule has 8 heteroatoms. The van der Waals surface area contributed by atoms with Gasteiger partial charge in [0.1, 0.15) is 5.82 Å². The van der Waals surface area contributed by atoms with Gasteiger partial charge in [0.2, 0.25) is 5.91 Å². The first-order valence-corrected chi connectivity index (χ1v) is 7.76. The smallest absolute Gasteiger partial charge is 0.229 e. The molecule has 0 bridgehead atoms. The van der Waals surface area contributed by atoms with Crippen molar-refractivity contribution in [1.29, 1.82) is 0 Å². The molecule has 3 aromatic heterocycles. The molecule has 4 rings (SSSR count). The SMILES string of the molecule is Nc1ccc(-n2cccn2)nc1CC(=O)N1Cc2cc(F)cnc2C1. The van der Waals surface area contributed by atoms with E-state index in [2.05, 4.69) is 15.1 Å². The van der Waals surface area contributed by atoms with Crippen molar-refractivity contribution >= 4 is 11.6 Å². The molecular weight excluding hydrogens is 323 g/mol. The van der Waals surface area contributed by atoms with Crippen LogP contribution in [0.4, 0.5) is 10.1 Å². The minimum Gasteiger partial charge on any atom is -0.397 e. The molecule has 1 aliphatic heterocycles. The van der Waals surface area contributed by atoms with Crippen LogP contribution in [-0.2, 0) is 24.3 Å². The molecule has 4 heterocycles. The number of fused-ring (bicyclic) bond motifs is 1. The lowest BCUT2D eigenvalue weighted by atomic mass is 10.2. The van der Waals surface area contributed by atoms with Crippen LogP contribution in [-0.4, -0.2) is 30.6 Å². The Morgan fingerprint density at radius 1 is 1.32 bits per heavy atom. The van der Waals surface area contributed by atoms with Crippen LogP contribution in [0.25, 0.3) is 5.82 Å². The van der Waals surface area contributed by atoms with Crippen LogP contribution < -0.4 is 5.73 Å². The van der Waals surface area contributed by atoms with Gasteiger partial charge < -0.3 is 10.6 Å². The van der Waals surface area contributed by atoms with Gasteiger partial charge in [-0.3, -0.25) is 9.78 Å². The van der Waals surface area contributed by atoms with Gasteiger partial charge >= 0.3 is 0 Å². The molecule has 0 atom stereocenters. The molecular formula is C17H15FN6O. The molecule has 2 N–H and O–H groups in total. The van der Waals surface area contributed by atoms with E-state index in [9.17, 15) is 9.18 Å². The summed E-state index contributed by atoms with van der Waals surface area (Å²) in [5, 5.41) is 4.12. The van der Waals surface area contributed by atoms with Crippen molar-refractivity contribution in [2.45, 2.75) is 19.5 Å². The molecule has 7 nitrogen and oxygen atoms in total. The maximum absolute atomic E-state index is 13.3. The number of pyridine rings is 2. The lowest BCUT2D eigenvalue weighted by molar-refractivity contribution is -0.131. The highest BCUT2D eigenvalue weighted by Crippen LogP contribution is 2.23. The van der Waals surface area contributed by atoms with Gasteiger partial charge in [0, 0.05) is 18.9 Å². The fraction of sp³-hybridized carbons (Fsp3) is 0.176. The molecule has 0 saturated carbocycles. The summed E-state index contributed by atoms with van der Waals surface area (Å²) in [6.07, 6.45) is 4.65. The Labute approximate surface area is 142 Å². The largest absolute Gasteiger partial charge is 0.397 e. The van der Waals surface area contributed by atoms with E-state index in [4.69, 9.17) is 5.73 Å². The number of hydrogen-bond donors (Lipinski definition) is 1. The third-order valence-corrected chi connectivity index (χ3v) is 4.13. The molecule has 0 aliphatic carbocycles. The maximum Gasteiger partial charge on any atom is 0.229 e. The molecule has 1 amide bonds. The van der Waals surface area contributed by atoms with Gasteiger partial charge in [-0.15, -0.1) is 0 Å². The number of nitrogen functional groups attached to an aromatic ring is 1. The van der Waals surface area contributed by atoms with Gasteiger partial charge in [0.25, 0.3) is 0 Å². The summed E-state index contributed by atoms with van der Waals surface area (Å²) in [5.41, 5.74) is 8.37. The Bertz CT molecular complexity index is 940. The van der Waals surface area contributed by atoms with Gasteiger partial charge in [-0.05, 0) is 29.8 Å². The average Bonchev–Trinajstić information content (AvgIpc) is 3.25. The number of nitrogens with two attached hydrogens (primary N) is 1. The summed E-state index contributed by atoms with van der Waals surface area (Å²) < 4.78 is 14.9. The number of nitrogens with zero attached hydrogens (tertiary/aromatic N) is 5. The summed E-state index contributed by atoms with van der Waals surface area (Å²) in [6.45, 7) is 0.713. The van der Waals surface area contributed by atoms with Gasteiger partial charge in [0.05, 0.1) is 36.2 Å². The molecule has 3 aromatic rings. The molecule has 0 saturated heterocycles. The van der Waals surface area contributed by atoms with E-state index in [0.29, 0.717) is 30.3 Å². The molecule has 1 aliphatic rings. The zero-order valence-corrected chi connectivity index (χ0v) is 13.3. The average molecular weight is 338 g/mol. The Balaban J connectivity index is 1.53. The first-order chi connectivity index (χ1) is 12.1. The van der Waals surface area contributed by atoms with E-state index in [-0.39, 0.29) is 12.3 Å². The van der Waals surface area contributed by atoms with Gasteiger partial charge in [-0.25, -0.2) is 14.1 Å². The number of aromatic nitrogens is 4. The zero-order valence-electron chi connectivity index (χ0n) is 13.3. The lowest BCUT2D eigenvalue weighted by Gasteiger charge is -2.15. The van der Waals surface area contributed by atoms with Crippen molar-refractivity contribution in [3.8, 4) is 5.82 Å². The lowest BCUT2D eigenvalue weighted by Crippen LogP contribution is -2.27. The van der Waals surface area contributed by atoms with Crippen LogP contribution in [0.2, 0.25) is 0 Å². The van der Waals surface area contributed by atoms with E-state index in [1.165, 1.54) is 12.3 Å². The van der Waals surface area contributed by atoms with Gasteiger partial charge in [-0.2, -0.15) is 5.10 Å². The number of rotatable bonds is 3. The highest BCUT2D eigenvalue weighted by atomic mass is 19.1. The van der Waals surface area contributed by atoms with E-state index >= 15 is 0 Å². The molecule has 0 unspecified atom stereocenters. The summed E-state index contributed by atoms with van der Waals surface area (Å²) in [7, 11) is 0. The highest BCUT2D eigenvalue weighted by Gasteiger charge is 2.25. The number of anilines is 1. The molecule has 126 valence electrons. The quantitative estimate of drug-likeness (QED) is 0.781. The third kappa shape index (κ3) is 2.93. The minimum absolute atomic E-state index is 0.0669. The van der Waals surface area contributed by atoms with Crippen LogP contribution in [0.5, 0.6) is 0 Å². The first kappa shape index (κ1) is 15.3. The fourth-order valence-electron chi connectivity index (χ4n) is 2.84. The number of hydrogen-bond acceptors (Lipinski definition) is 5. The van der Waals surface area contributed by atoms with Crippen LogP contribution >= 0.6 is 0 Å². The van der Waals surface area contributed by atoms with Crippen molar-refractivity contribution in [2.75, 3.05) is 5.73 Å². The summed E-state index contributed by atoms with van der Waals surface area (Å²) in [6, 6.07) is 6.66. The number of carbonyl (C=O) groups excluding carboxylic acids is 1. The van der Waals surface area contributed by atoms with Crippen LogP contribution in [0.15, 0.2) is 42.9 Å². The Morgan fingerprint density at radius 2 is 2.20 bits per heavy atom. The van der Waals surface area contributed by atoms with Crippen molar-refractivity contribution in [3.05, 3.63) is 65.6 Å². The normalized spacial score (nSPS) is 13.1. The number of halogens is 1. The highest BCUT2D eigenvalue weighted by molar-refractivity contribution is 5.80. The molecule has 0 fully saturated rings. The fourth-order valence-corrected chi connectivity index (χ4v) is 2.84. The van der Waals surface area contributed by atoms with Gasteiger partial charge in [0.15, 0.2) is 5.82 Å². The second-order valence-electron chi connectivity index (χ2n) is 5.84. The maximum atomic E-state index is 13.3. The predicted molar refractivity (Wildman–Crippen MR) is 87.9 cm³/mol. The van der Waals surface area contributed by atoms with Crippen molar-refractivity contribution < 1.29 is 9.18 Å². The topological polar surface area (TPSA) is 89.9 Å². The molecule has 0 radical (unpaired) electrons. The van der Waals surface area contributed by atoms with Crippen LogP contribution in [0, 0.1) is 5.82 Å². The van der Waals surface area contributed by atoms with Gasteiger partial charge in [-0.1, -0.05) is 0 Å². The standard InChI is InChI=1S/C17H15FN6O/c18-12-6-11-9-23(10-15(11)20-8-12)17(25)7-14-13(19)2-3-16(22-14)24-5-1-4-21-24/h1-6,8H,7,9-10,19H2. The summed E-state index contributed by atoms with van der Waals surface area (Å²) in [5.74, 6) is 0.0663. The summed E-state index contributed by atoms with van der Waals surface area (Å²) >= 11 is 0. The van der Waals surface area contributed by atoms with Crippen molar-refractivity contribution in [1.82, 2.24) is 24.6 Å². The van der Waals surface area contributed by atoms with Crippen LogP contribution in [0.1, 0.15) is 17.0 Å². The Morgan fingerprint density at radius 3 is 3.00 bits per heavy atom. The zero-order chi connectivity index (χ0) is 17.4. The van der Waals surface area contributed by atoms with E-state index in [1.807, 2.05) is 0 Å². The van der Waals surface area contributed by atoms with Crippen molar-refractivity contribution in [3.63, 3.8) is 0 Å². The number of carbonyl (C=O) groups is 1. The minimum atomic E-state index is -0.397. The van der Waals surface area contributed by atoms with E-state index < -0.39 is 5.82 Å². The molecule has 0 spiro atoms. The molecule has 25 heavy (non-hydrogen) atoms. The first-order valence-electron chi connectivity index (χ1n) is 7.76. The van der Waals surface area contributed by atoms with Crippen LogP contribution in [0.3, 0.4) is 0 Å². The Kier molecular flexibility index (Phi) is 3.64. The number of amides is 1. The predicted octanol–water partition coefficient (Wildman–Crippen LogP) is 1.47. The second-order valence-corrected chi connectivity index (χ2v) is 5.84. The molecule has 0 aromatic carbocycles. The van der Waals surface area contributed by atoms with E-state index in [1.54, 1.807) is 40.2 Å². The Hall–Kier alpha value is -3.29. The monoisotopic (exact) mass is 338 g/mol. The second kappa shape index (κ2) is 5.97. The third-order valence-electron chi connectivity index (χ3n) is 4.13. The summed E-state index contributed by atoms with van der Waals surface area (Å²) in [4.78, 5) is 22.7. The van der Waals surface area contributed by atoms with E-state index in [0.717, 1.165) is 11.3 Å².